The molecule has 2 aromatic carbocycles. The van der Waals surface area contributed by atoms with Crippen LogP contribution in [0.3, 0.4) is 0 Å². The van der Waals surface area contributed by atoms with E-state index in [0.29, 0.717) is 15.4 Å². The fraction of sp³-hybridized carbons (Fsp3) is 0.0588. The molecule has 0 unspecified atom stereocenters. The minimum absolute atomic E-state index is 0.0436. The van der Waals surface area contributed by atoms with Crippen LogP contribution >= 0.6 is 27.3 Å². The number of phenols is 1. The number of hydrogen-bond acceptors (Lipinski definition) is 6. The molecule has 7 heteroatoms. The number of methoxy groups -OCH3 is 1. The zero-order valence-corrected chi connectivity index (χ0v) is 15.1. The first-order valence-corrected chi connectivity index (χ1v) is 8.72. The molecule has 1 heterocycles. The molecule has 5 nitrogen and oxygen atoms in total. The molecule has 0 fully saturated rings. The summed E-state index contributed by atoms with van der Waals surface area (Å²) in [5.74, 6) is 0.446. The van der Waals surface area contributed by atoms with Crippen molar-refractivity contribution in [2.75, 3.05) is 12.5 Å². The lowest BCUT2D eigenvalue weighted by Gasteiger charge is -2.06. The van der Waals surface area contributed by atoms with Gasteiger partial charge in [0.15, 0.2) is 11.5 Å². The Morgan fingerprint density at radius 3 is 2.79 bits per heavy atom. The minimum atomic E-state index is 0.0436. The SMILES string of the molecule is COc1ccc(/C=N\Nc2nc(-c3ccccc3)cs2)c(Br)c1O. The number of rotatable bonds is 5. The van der Waals surface area contributed by atoms with Gasteiger partial charge in [0.25, 0.3) is 0 Å². The van der Waals surface area contributed by atoms with Crippen molar-refractivity contribution in [3.8, 4) is 22.8 Å². The first kappa shape index (κ1) is 16.5. The lowest BCUT2D eigenvalue weighted by atomic mass is 10.2. The molecular weight excluding hydrogens is 390 g/mol. The van der Waals surface area contributed by atoms with E-state index >= 15 is 0 Å². The summed E-state index contributed by atoms with van der Waals surface area (Å²) in [6.07, 6.45) is 1.60. The zero-order chi connectivity index (χ0) is 16.9. The Morgan fingerprint density at radius 2 is 2.04 bits per heavy atom. The molecule has 0 aliphatic carbocycles. The molecule has 1 aromatic heterocycles. The summed E-state index contributed by atoms with van der Waals surface area (Å²) < 4.78 is 5.58. The maximum atomic E-state index is 9.96. The second-order valence-corrected chi connectivity index (χ2v) is 6.44. The van der Waals surface area contributed by atoms with E-state index in [2.05, 4.69) is 31.4 Å². The number of ether oxygens (including phenoxy) is 1. The van der Waals surface area contributed by atoms with Crippen molar-refractivity contribution in [2.24, 2.45) is 5.10 Å². The number of aromatic hydroxyl groups is 1. The smallest absolute Gasteiger partial charge is 0.203 e. The van der Waals surface area contributed by atoms with Crippen LogP contribution < -0.4 is 10.2 Å². The Balaban J connectivity index is 1.71. The number of aromatic nitrogens is 1. The van der Waals surface area contributed by atoms with E-state index in [1.807, 2.05) is 35.7 Å². The molecule has 3 aromatic rings. The van der Waals surface area contributed by atoms with E-state index in [1.54, 1.807) is 18.3 Å². The standard InChI is InChI=1S/C17H14BrN3O2S/c1-23-14-8-7-12(15(18)16(14)22)9-19-21-17-20-13(10-24-17)11-5-3-2-4-6-11/h2-10,22H,1H3,(H,20,21)/b19-9-. The van der Waals surface area contributed by atoms with Crippen molar-refractivity contribution in [2.45, 2.75) is 0 Å². The number of hydrazone groups is 1. The maximum absolute atomic E-state index is 9.96. The van der Waals surface area contributed by atoms with Crippen molar-refractivity contribution >= 4 is 38.6 Å². The number of thiazole rings is 1. The molecule has 0 saturated heterocycles. The third-order valence-electron chi connectivity index (χ3n) is 3.27. The number of nitrogens with one attached hydrogen (secondary N) is 1. The van der Waals surface area contributed by atoms with E-state index in [-0.39, 0.29) is 5.75 Å². The van der Waals surface area contributed by atoms with E-state index in [0.717, 1.165) is 16.8 Å². The number of halogens is 1. The summed E-state index contributed by atoms with van der Waals surface area (Å²) in [6.45, 7) is 0. The van der Waals surface area contributed by atoms with E-state index in [9.17, 15) is 5.11 Å². The van der Waals surface area contributed by atoms with Gasteiger partial charge in [-0.1, -0.05) is 30.3 Å². The Kier molecular flexibility index (Phi) is 5.12. The minimum Gasteiger partial charge on any atom is -0.503 e. The molecule has 0 bridgehead atoms. The monoisotopic (exact) mass is 403 g/mol. The van der Waals surface area contributed by atoms with Gasteiger partial charge in [0.2, 0.25) is 5.13 Å². The second kappa shape index (κ2) is 7.46. The van der Waals surface area contributed by atoms with Gasteiger partial charge in [-0.3, -0.25) is 5.43 Å². The highest BCUT2D eigenvalue weighted by Crippen LogP contribution is 2.35. The molecule has 2 N–H and O–H groups in total. The Labute approximate surface area is 151 Å². The number of nitrogens with zero attached hydrogens (tertiary/aromatic N) is 2. The van der Waals surface area contributed by atoms with E-state index in [1.165, 1.54) is 18.4 Å². The van der Waals surface area contributed by atoms with Crippen molar-refractivity contribution in [3.63, 3.8) is 0 Å². The molecule has 0 spiro atoms. The Bertz CT molecular complexity index is 866. The lowest BCUT2D eigenvalue weighted by molar-refractivity contribution is 0.372. The highest BCUT2D eigenvalue weighted by molar-refractivity contribution is 9.10. The maximum Gasteiger partial charge on any atom is 0.203 e. The molecule has 0 amide bonds. The van der Waals surface area contributed by atoms with Gasteiger partial charge in [0.05, 0.1) is 23.5 Å². The van der Waals surface area contributed by atoms with Crippen LogP contribution in [0.5, 0.6) is 11.5 Å². The van der Waals surface area contributed by atoms with Crippen LogP contribution in [0.1, 0.15) is 5.56 Å². The summed E-state index contributed by atoms with van der Waals surface area (Å²) in [7, 11) is 1.50. The first-order chi connectivity index (χ1) is 11.7. The predicted molar refractivity (Wildman–Crippen MR) is 101 cm³/mol. The number of hydrogen-bond donors (Lipinski definition) is 2. The van der Waals surface area contributed by atoms with Gasteiger partial charge >= 0.3 is 0 Å². The average Bonchev–Trinajstić information content (AvgIpc) is 3.08. The van der Waals surface area contributed by atoms with Gasteiger partial charge in [-0.05, 0) is 28.1 Å². The third kappa shape index (κ3) is 3.58. The van der Waals surface area contributed by atoms with Crippen LogP contribution in [0.4, 0.5) is 5.13 Å². The predicted octanol–water partition coefficient (Wildman–Crippen LogP) is 4.73. The summed E-state index contributed by atoms with van der Waals surface area (Å²) in [6, 6.07) is 13.4. The summed E-state index contributed by atoms with van der Waals surface area (Å²) >= 11 is 4.81. The normalized spacial score (nSPS) is 10.9. The van der Waals surface area contributed by atoms with Gasteiger partial charge in [-0.15, -0.1) is 11.3 Å². The molecular formula is C17H14BrN3O2S. The molecule has 0 atom stereocenters. The molecule has 0 saturated carbocycles. The third-order valence-corrected chi connectivity index (χ3v) is 4.85. The van der Waals surface area contributed by atoms with Crippen molar-refractivity contribution in [3.05, 3.63) is 57.9 Å². The van der Waals surface area contributed by atoms with Crippen molar-refractivity contribution < 1.29 is 9.84 Å². The average molecular weight is 404 g/mol. The van der Waals surface area contributed by atoms with E-state index in [4.69, 9.17) is 4.74 Å². The van der Waals surface area contributed by atoms with Crippen LogP contribution in [0.25, 0.3) is 11.3 Å². The number of anilines is 1. The van der Waals surface area contributed by atoms with Gasteiger partial charge in [0, 0.05) is 16.5 Å². The molecule has 122 valence electrons. The Morgan fingerprint density at radius 1 is 1.25 bits per heavy atom. The largest absolute Gasteiger partial charge is 0.503 e. The van der Waals surface area contributed by atoms with Gasteiger partial charge in [-0.25, -0.2) is 4.98 Å². The number of benzene rings is 2. The summed E-state index contributed by atoms with van der Waals surface area (Å²) in [5, 5.41) is 16.8. The van der Waals surface area contributed by atoms with E-state index < -0.39 is 0 Å². The molecule has 0 aliphatic rings. The second-order valence-electron chi connectivity index (χ2n) is 4.79. The van der Waals surface area contributed by atoms with Gasteiger partial charge in [-0.2, -0.15) is 5.10 Å². The lowest BCUT2D eigenvalue weighted by Crippen LogP contribution is -1.92. The zero-order valence-electron chi connectivity index (χ0n) is 12.7. The molecule has 0 radical (unpaired) electrons. The fourth-order valence-corrected chi connectivity index (χ4v) is 3.15. The van der Waals surface area contributed by atoms with Crippen LogP contribution in [-0.2, 0) is 0 Å². The van der Waals surface area contributed by atoms with Crippen molar-refractivity contribution in [1.29, 1.82) is 0 Å². The van der Waals surface area contributed by atoms with Crippen LogP contribution in [0.2, 0.25) is 0 Å². The van der Waals surface area contributed by atoms with Crippen LogP contribution in [0.15, 0.2) is 57.4 Å². The summed E-state index contributed by atoms with van der Waals surface area (Å²) in [4.78, 5) is 4.49. The highest BCUT2D eigenvalue weighted by atomic mass is 79.9. The van der Waals surface area contributed by atoms with Gasteiger partial charge < -0.3 is 9.84 Å². The summed E-state index contributed by atoms with van der Waals surface area (Å²) in [5.41, 5.74) is 5.59. The molecule has 24 heavy (non-hydrogen) atoms. The Hall–Kier alpha value is -2.38. The molecule has 0 aliphatic heterocycles. The van der Waals surface area contributed by atoms with Crippen molar-refractivity contribution in [1.82, 2.24) is 4.98 Å². The highest BCUT2D eigenvalue weighted by Gasteiger charge is 2.09. The van der Waals surface area contributed by atoms with Crippen LogP contribution in [-0.4, -0.2) is 23.4 Å². The quantitative estimate of drug-likeness (QED) is 0.477. The number of phenolic OH excluding ortho intramolecular Hbond substituents is 1. The fourth-order valence-electron chi connectivity index (χ4n) is 2.05. The van der Waals surface area contributed by atoms with Crippen LogP contribution in [0, 0.1) is 0 Å². The van der Waals surface area contributed by atoms with Gasteiger partial charge in [0.1, 0.15) is 0 Å². The first-order valence-electron chi connectivity index (χ1n) is 7.04. The molecule has 3 rings (SSSR count). The topological polar surface area (TPSA) is 66.7 Å².